The first kappa shape index (κ1) is 21.5. The summed E-state index contributed by atoms with van der Waals surface area (Å²) in [7, 11) is 1.85. The fourth-order valence-electron chi connectivity index (χ4n) is 3.77. The van der Waals surface area contributed by atoms with E-state index < -0.39 is 0 Å². The molecule has 0 atom stereocenters. The maximum absolute atomic E-state index is 11.9. The molecule has 0 aromatic carbocycles. The molecular formula is C18H35IN4O. The minimum atomic E-state index is -0.329. The van der Waals surface area contributed by atoms with Crippen molar-refractivity contribution < 1.29 is 4.79 Å². The number of likely N-dealkylation sites (tertiary alicyclic amines) is 1. The van der Waals surface area contributed by atoms with Crippen LogP contribution in [0.4, 0.5) is 0 Å². The summed E-state index contributed by atoms with van der Waals surface area (Å²) in [4.78, 5) is 18.7. The molecular weight excluding hydrogens is 415 g/mol. The highest BCUT2D eigenvalue weighted by Crippen LogP contribution is 2.43. The number of nitrogens with zero attached hydrogens (tertiary/aromatic N) is 2. The molecule has 2 fully saturated rings. The van der Waals surface area contributed by atoms with Crippen LogP contribution in [0.2, 0.25) is 0 Å². The maximum atomic E-state index is 11.9. The highest BCUT2D eigenvalue weighted by molar-refractivity contribution is 14.0. The maximum Gasteiger partial charge on any atom is 0.225 e. The van der Waals surface area contributed by atoms with E-state index in [9.17, 15) is 4.79 Å². The van der Waals surface area contributed by atoms with Crippen molar-refractivity contribution in [3.63, 3.8) is 0 Å². The molecule has 0 unspecified atom stereocenters. The summed E-state index contributed by atoms with van der Waals surface area (Å²) in [5, 5.41) is 6.38. The van der Waals surface area contributed by atoms with E-state index >= 15 is 0 Å². The summed E-state index contributed by atoms with van der Waals surface area (Å²) in [6, 6.07) is 0. The molecule has 1 amide bonds. The molecule has 0 aromatic heterocycles. The number of aliphatic imine (C=N–C) groups is 1. The second-order valence-electron chi connectivity index (χ2n) is 8.21. The van der Waals surface area contributed by atoms with Crippen LogP contribution in [0, 0.1) is 10.8 Å². The first-order valence-electron chi connectivity index (χ1n) is 9.10. The van der Waals surface area contributed by atoms with E-state index in [1.165, 1.54) is 38.5 Å². The summed E-state index contributed by atoms with van der Waals surface area (Å²) in [6.45, 7) is 9.40. The van der Waals surface area contributed by atoms with E-state index in [-0.39, 0.29) is 35.3 Å². The van der Waals surface area contributed by atoms with E-state index in [0.717, 1.165) is 25.6 Å². The van der Waals surface area contributed by atoms with Gasteiger partial charge in [-0.1, -0.05) is 40.0 Å². The highest BCUT2D eigenvalue weighted by Gasteiger charge is 2.39. The van der Waals surface area contributed by atoms with Gasteiger partial charge in [-0.25, -0.2) is 0 Å². The molecule has 0 bridgehead atoms. The van der Waals surface area contributed by atoms with Gasteiger partial charge >= 0.3 is 0 Å². The van der Waals surface area contributed by atoms with Crippen LogP contribution < -0.4 is 10.6 Å². The molecule has 24 heavy (non-hydrogen) atoms. The van der Waals surface area contributed by atoms with Gasteiger partial charge in [0.05, 0.1) is 0 Å². The third-order valence-corrected chi connectivity index (χ3v) is 5.24. The third-order valence-electron chi connectivity index (χ3n) is 5.24. The number of carbonyl (C=O) groups excluding carboxylic acids is 1. The van der Waals surface area contributed by atoms with Crippen LogP contribution in [0.3, 0.4) is 0 Å². The lowest BCUT2D eigenvalue weighted by atomic mass is 9.73. The third kappa shape index (κ3) is 5.77. The lowest BCUT2D eigenvalue weighted by Crippen LogP contribution is -2.45. The smallest absolute Gasteiger partial charge is 0.225 e. The molecule has 1 saturated heterocycles. The van der Waals surface area contributed by atoms with Crippen LogP contribution in [0.1, 0.15) is 59.3 Å². The van der Waals surface area contributed by atoms with Crippen LogP contribution in [-0.2, 0) is 4.79 Å². The lowest BCUT2D eigenvalue weighted by Gasteiger charge is -2.33. The van der Waals surface area contributed by atoms with Crippen molar-refractivity contribution in [1.29, 1.82) is 0 Å². The molecule has 6 heteroatoms. The van der Waals surface area contributed by atoms with Gasteiger partial charge in [-0.15, -0.1) is 24.0 Å². The molecule has 0 aromatic rings. The zero-order valence-corrected chi connectivity index (χ0v) is 18.1. The van der Waals surface area contributed by atoms with E-state index in [4.69, 9.17) is 0 Å². The summed E-state index contributed by atoms with van der Waals surface area (Å²) in [5.41, 5.74) is 0.209. The summed E-state index contributed by atoms with van der Waals surface area (Å²) in [6.07, 6.45) is 8.23. The second kappa shape index (κ2) is 9.25. The van der Waals surface area contributed by atoms with Crippen LogP contribution >= 0.6 is 24.0 Å². The van der Waals surface area contributed by atoms with E-state index in [1.807, 2.05) is 27.8 Å². The first-order valence-corrected chi connectivity index (χ1v) is 9.10. The number of guanidine groups is 1. The quantitative estimate of drug-likeness (QED) is 0.301. The van der Waals surface area contributed by atoms with Crippen molar-refractivity contribution in [2.45, 2.75) is 59.3 Å². The molecule has 1 saturated carbocycles. The standard InChI is InChI=1S/C18H34N4O.HI/c1-17(2,3)15(23)20-11-12-21-16(19-4)22-13-10-18(14-22)8-6-5-7-9-18;/h5-14H2,1-4H3,(H,19,21)(H,20,23);1H. The summed E-state index contributed by atoms with van der Waals surface area (Å²) >= 11 is 0. The Morgan fingerprint density at radius 3 is 2.29 bits per heavy atom. The minimum absolute atomic E-state index is 0. The molecule has 1 heterocycles. The number of nitrogens with one attached hydrogen (secondary N) is 2. The van der Waals surface area contributed by atoms with Gasteiger partial charge in [0, 0.05) is 38.6 Å². The molecule has 5 nitrogen and oxygen atoms in total. The van der Waals surface area contributed by atoms with Crippen molar-refractivity contribution in [1.82, 2.24) is 15.5 Å². The Morgan fingerprint density at radius 1 is 1.08 bits per heavy atom. The van der Waals surface area contributed by atoms with Crippen LogP contribution in [-0.4, -0.2) is 50.0 Å². The van der Waals surface area contributed by atoms with Crippen LogP contribution in [0.25, 0.3) is 0 Å². The van der Waals surface area contributed by atoms with Gasteiger partial charge in [0.15, 0.2) is 5.96 Å². The molecule has 0 radical (unpaired) electrons. The van der Waals surface area contributed by atoms with E-state index in [1.54, 1.807) is 0 Å². The normalized spacial score (nSPS) is 20.7. The van der Waals surface area contributed by atoms with E-state index in [0.29, 0.717) is 12.0 Å². The first-order chi connectivity index (χ1) is 10.9. The zero-order chi connectivity index (χ0) is 16.9. The molecule has 1 aliphatic heterocycles. The van der Waals surface area contributed by atoms with Gasteiger partial charge in [-0.05, 0) is 24.7 Å². The van der Waals surface area contributed by atoms with Gasteiger partial charge in [-0.3, -0.25) is 9.79 Å². The number of halogens is 1. The highest BCUT2D eigenvalue weighted by atomic mass is 127. The number of carbonyl (C=O) groups is 1. The molecule has 2 N–H and O–H groups in total. The Labute approximate surface area is 164 Å². The lowest BCUT2D eigenvalue weighted by molar-refractivity contribution is -0.128. The summed E-state index contributed by atoms with van der Waals surface area (Å²) in [5.74, 6) is 1.08. The Bertz CT molecular complexity index is 439. The number of hydrogen-bond acceptors (Lipinski definition) is 2. The zero-order valence-electron chi connectivity index (χ0n) is 15.8. The Balaban J connectivity index is 0.00000288. The number of amides is 1. The Morgan fingerprint density at radius 2 is 1.71 bits per heavy atom. The SMILES string of the molecule is CN=C(NCCNC(=O)C(C)(C)C)N1CCC2(CCCCC2)C1.I. The van der Waals surface area contributed by atoms with Gasteiger partial charge < -0.3 is 15.5 Å². The van der Waals surface area contributed by atoms with Crippen LogP contribution in [0.5, 0.6) is 0 Å². The average molecular weight is 450 g/mol. The Hall–Kier alpha value is -0.530. The fraction of sp³-hybridized carbons (Fsp3) is 0.889. The van der Waals surface area contributed by atoms with Gasteiger partial charge in [0.2, 0.25) is 5.91 Å². The van der Waals surface area contributed by atoms with Crippen molar-refractivity contribution >= 4 is 35.8 Å². The topological polar surface area (TPSA) is 56.7 Å². The average Bonchev–Trinajstić information content (AvgIpc) is 2.90. The predicted molar refractivity (Wildman–Crippen MR) is 111 cm³/mol. The van der Waals surface area contributed by atoms with Crippen molar-refractivity contribution in [3.8, 4) is 0 Å². The number of hydrogen-bond donors (Lipinski definition) is 2. The van der Waals surface area contributed by atoms with Gasteiger partial charge in [-0.2, -0.15) is 0 Å². The number of rotatable bonds is 3. The van der Waals surface area contributed by atoms with Crippen molar-refractivity contribution in [2.75, 3.05) is 33.2 Å². The molecule has 1 aliphatic carbocycles. The van der Waals surface area contributed by atoms with Crippen molar-refractivity contribution in [2.24, 2.45) is 15.8 Å². The molecule has 1 spiro atoms. The molecule has 2 rings (SSSR count). The largest absolute Gasteiger partial charge is 0.354 e. The second-order valence-corrected chi connectivity index (χ2v) is 8.21. The fourth-order valence-corrected chi connectivity index (χ4v) is 3.77. The monoisotopic (exact) mass is 450 g/mol. The van der Waals surface area contributed by atoms with Crippen LogP contribution in [0.15, 0.2) is 4.99 Å². The van der Waals surface area contributed by atoms with Gasteiger partial charge in [0.1, 0.15) is 0 Å². The summed E-state index contributed by atoms with van der Waals surface area (Å²) < 4.78 is 0. The van der Waals surface area contributed by atoms with Gasteiger partial charge in [0.25, 0.3) is 0 Å². The predicted octanol–water partition coefficient (Wildman–Crippen LogP) is 3.00. The molecule has 140 valence electrons. The minimum Gasteiger partial charge on any atom is -0.354 e. The van der Waals surface area contributed by atoms with E-state index in [2.05, 4.69) is 20.5 Å². The molecule has 2 aliphatic rings. The Kier molecular flexibility index (Phi) is 8.29. The van der Waals surface area contributed by atoms with Crippen molar-refractivity contribution in [3.05, 3.63) is 0 Å².